The van der Waals surface area contributed by atoms with E-state index in [1.54, 1.807) is 7.11 Å². The molecule has 0 saturated carbocycles. The van der Waals surface area contributed by atoms with Crippen LogP contribution in [0.25, 0.3) is 17.1 Å². The van der Waals surface area contributed by atoms with E-state index in [1.807, 2.05) is 35.2 Å². The number of hydrogen-bond acceptors (Lipinski definition) is 5. The first kappa shape index (κ1) is 27.0. The van der Waals surface area contributed by atoms with Crippen molar-refractivity contribution in [2.45, 2.75) is 44.2 Å². The number of thioether (sulfide) groups is 1. The lowest BCUT2D eigenvalue weighted by atomic mass is 9.90. The van der Waals surface area contributed by atoms with Crippen LogP contribution in [-0.2, 0) is 11.2 Å². The third-order valence-corrected chi connectivity index (χ3v) is 8.35. The molecule has 0 radical (unpaired) electrons. The lowest BCUT2D eigenvalue weighted by Crippen LogP contribution is -2.39. The number of likely N-dealkylation sites (tertiary alicyclic amines) is 1. The highest BCUT2D eigenvalue weighted by Gasteiger charge is 2.25. The minimum atomic E-state index is 0.163. The molecule has 39 heavy (non-hydrogen) atoms. The van der Waals surface area contributed by atoms with Crippen LogP contribution in [0.2, 0.25) is 0 Å². The quantitative estimate of drug-likeness (QED) is 0.223. The standard InChI is InChI=1S/C32H36N4O2S/c1-23(2)28-11-7-8-12-29(28)36-31(26-13-15-27(38-3)16-14-26)33-34-32(36)39-22-30(37)35-19-17-25(18-20-35)21-24-9-5-4-6-10-24/h4-16,23,25H,17-22H2,1-3H3. The van der Waals surface area contributed by atoms with Crippen LogP contribution in [0, 0.1) is 5.92 Å². The molecule has 5 rings (SSSR count). The summed E-state index contributed by atoms with van der Waals surface area (Å²) in [5.74, 6) is 3.00. The molecular formula is C32H36N4O2S. The summed E-state index contributed by atoms with van der Waals surface area (Å²) in [5.41, 5.74) is 4.58. The van der Waals surface area contributed by atoms with E-state index in [0.29, 0.717) is 17.6 Å². The van der Waals surface area contributed by atoms with Crippen LogP contribution in [-0.4, -0.2) is 51.5 Å². The number of hydrogen-bond donors (Lipinski definition) is 0. The zero-order valence-corrected chi connectivity index (χ0v) is 23.7. The summed E-state index contributed by atoms with van der Waals surface area (Å²) in [6, 6.07) is 26.9. The van der Waals surface area contributed by atoms with E-state index < -0.39 is 0 Å². The molecule has 0 bridgehead atoms. The van der Waals surface area contributed by atoms with Gasteiger partial charge in [-0.2, -0.15) is 0 Å². The molecule has 0 aliphatic carbocycles. The molecular weight excluding hydrogens is 504 g/mol. The van der Waals surface area contributed by atoms with Crippen molar-refractivity contribution in [1.82, 2.24) is 19.7 Å². The Kier molecular flexibility index (Phi) is 8.67. The first-order valence-electron chi connectivity index (χ1n) is 13.7. The number of piperidine rings is 1. The van der Waals surface area contributed by atoms with Crippen LogP contribution in [0.15, 0.2) is 84.0 Å². The molecule has 0 N–H and O–H groups in total. The van der Waals surface area contributed by atoms with Crippen LogP contribution in [0.3, 0.4) is 0 Å². The van der Waals surface area contributed by atoms with Gasteiger partial charge in [-0.05, 0) is 72.6 Å². The lowest BCUT2D eigenvalue weighted by molar-refractivity contribution is -0.129. The van der Waals surface area contributed by atoms with Crippen molar-refractivity contribution in [3.05, 3.63) is 90.0 Å². The van der Waals surface area contributed by atoms with Crippen molar-refractivity contribution in [3.63, 3.8) is 0 Å². The molecule has 3 aromatic carbocycles. The number of carbonyl (C=O) groups excluding carboxylic acids is 1. The van der Waals surface area contributed by atoms with Gasteiger partial charge in [-0.1, -0.05) is 74.1 Å². The Hall–Kier alpha value is -3.58. The van der Waals surface area contributed by atoms with Gasteiger partial charge in [0, 0.05) is 18.7 Å². The second-order valence-electron chi connectivity index (χ2n) is 10.4. The van der Waals surface area contributed by atoms with Crippen molar-refractivity contribution in [2.24, 2.45) is 5.92 Å². The Morgan fingerprint density at radius 1 is 0.949 bits per heavy atom. The van der Waals surface area contributed by atoms with E-state index in [2.05, 4.69) is 77.1 Å². The van der Waals surface area contributed by atoms with Gasteiger partial charge < -0.3 is 9.64 Å². The molecule has 202 valence electrons. The van der Waals surface area contributed by atoms with E-state index >= 15 is 0 Å². The Bertz CT molecular complexity index is 1380. The molecule has 0 unspecified atom stereocenters. The normalized spacial score (nSPS) is 14.1. The molecule has 0 spiro atoms. The zero-order valence-electron chi connectivity index (χ0n) is 22.9. The predicted molar refractivity (Wildman–Crippen MR) is 158 cm³/mol. The van der Waals surface area contributed by atoms with Gasteiger partial charge in [0.05, 0.1) is 18.6 Å². The van der Waals surface area contributed by atoms with Gasteiger partial charge in [-0.3, -0.25) is 9.36 Å². The second kappa shape index (κ2) is 12.5. The van der Waals surface area contributed by atoms with Gasteiger partial charge >= 0.3 is 0 Å². The Morgan fingerprint density at radius 2 is 1.64 bits per heavy atom. The highest BCUT2D eigenvalue weighted by molar-refractivity contribution is 7.99. The number of methoxy groups -OCH3 is 1. The molecule has 1 saturated heterocycles. The van der Waals surface area contributed by atoms with Gasteiger partial charge in [0.25, 0.3) is 0 Å². The molecule has 7 heteroatoms. The summed E-state index contributed by atoms with van der Waals surface area (Å²) < 4.78 is 7.44. The fourth-order valence-electron chi connectivity index (χ4n) is 5.24. The SMILES string of the molecule is COc1ccc(-c2nnc(SCC(=O)N3CCC(Cc4ccccc4)CC3)n2-c2ccccc2C(C)C)cc1. The Morgan fingerprint density at radius 3 is 2.33 bits per heavy atom. The number of benzene rings is 3. The summed E-state index contributed by atoms with van der Waals surface area (Å²) in [4.78, 5) is 15.3. The molecule has 1 aliphatic rings. The number of rotatable bonds is 9. The monoisotopic (exact) mass is 540 g/mol. The number of aromatic nitrogens is 3. The molecule has 0 atom stereocenters. The van der Waals surface area contributed by atoms with Crippen LogP contribution in [0.5, 0.6) is 5.75 Å². The second-order valence-corrected chi connectivity index (χ2v) is 11.3. The number of nitrogens with zero attached hydrogens (tertiary/aromatic N) is 4. The molecule has 1 fully saturated rings. The summed E-state index contributed by atoms with van der Waals surface area (Å²) in [6.45, 7) is 6.01. The van der Waals surface area contributed by atoms with Crippen LogP contribution in [0.1, 0.15) is 43.7 Å². The van der Waals surface area contributed by atoms with E-state index in [9.17, 15) is 4.79 Å². The first-order chi connectivity index (χ1) is 19.0. The fourth-order valence-corrected chi connectivity index (χ4v) is 6.09. The van der Waals surface area contributed by atoms with Crippen molar-refractivity contribution in [2.75, 3.05) is 26.0 Å². The van der Waals surface area contributed by atoms with Gasteiger partial charge in [-0.15, -0.1) is 10.2 Å². The van der Waals surface area contributed by atoms with Crippen molar-refractivity contribution < 1.29 is 9.53 Å². The molecule has 1 aliphatic heterocycles. The van der Waals surface area contributed by atoms with Gasteiger partial charge in [-0.25, -0.2) is 0 Å². The molecule has 2 heterocycles. The first-order valence-corrected chi connectivity index (χ1v) is 14.7. The summed E-state index contributed by atoms with van der Waals surface area (Å²) in [5, 5.41) is 9.87. The molecule has 4 aromatic rings. The largest absolute Gasteiger partial charge is 0.497 e. The fraction of sp³-hybridized carbons (Fsp3) is 0.344. The highest BCUT2D eigenvalue weighted by Crippen LogP contribution is 2.33. The van der Waals surface area contributed by atoms with Crippen molar-refractivity contribution in [3.8, 4) is 22.8 Å². The van der Waals surface area contributed by atoms with E-state index in [-0.39, 0.29) is 5.91 Å². The topological polar surface area (TPSA) is 60.3 Å². The average molecular weight is 541 g/mol. The summed E-state index contributed by atoms with van der Waals surface area (Å²) in [7, 11) is 1.66. The van der Waals surface area contributed by atoms with Crippen LogP contribution >= 0.6 is 11.8 Å². The number of ether oxygens (including phenoxy) is 1. The van der Waals surface area contributed by atoms with Crippen molar-refractivity contribution >= 4 is 17.7 Å². The molecule has 6 nitrogen and oxygen atoms in total. The van der Waals surface area contributed by atoms with E-state index in [4.69, 9.17) is 4.74 Å². The number of carbonyl (C=O) groups is 1. The predicted octanol–water partition coefficient (Wildman–Crippen LogP) is 6.64. The number of para-hydroxylation sites is 1. The third kappa shape index (κ3) is 6.36. The van der Waals surface area contributed by atoms with Crippen LogP contribution < -0.4 is 4.74 Å². The maximum Gasteiger partial charge on any atom is 0.233 e. The van der Waals surface area contributed by atoms with Gasteiger partial charge in [0.2, 0.25) is 5.91 Å². The minimum Gasteiger partial charge on any atom is -0.497 e. The minimum absolute atomic E-state index is 0.163. The Labute approximate surface area is 235 Å². The van der Waals surface area contributed by atoms with Gasteiger partial charge in [0.15, 0.2) is 11.0 Å². The highest BCUT2D eigenvalue weighted by atomic mass is 32.2. The number of amides is 1. The van der Waals surface area contributed by atoms with E-state index in [0.717, 1.165) is 60.3 Å². The smallest absolute Gasteiger partial charge is 0.233 e. The summed E-state index contributed by atoms with van der Waals surface area (Å²) >= 11 is 1.46. The molecule has 1 amide bonds. The maximum atomic E-state index is 13.2. The van der Waals surface area contributed by atoms with Crippen LogP contribution in [0.4, 0.5) is 0 Å². The molecule has 1 aromatic heterocycles. The lowest BCUT2D eigenvalue weighted by Gasteiger charge is -2.32. The maximum absolute atomic E-state index is 13.2. The van der Waals surface area contributed by atoms with E-state index in [1.165, 1.54) is 22.9 Å². The average Bonchev–Trinajstić information content (AvgIpc) is 3.40. The van der Waals surface area contributed by atoms with Crippen molar-refractivity contribution in [1.29, 1.82) is 0 Å². The third-order valence-electron chi connectivity index (χ3n) is 7.44. The zero-order chi connectivity index (χ0) is 27.2. The van der Waals surface area contributed by atoms with Gasteiger partial charge in [0.1, 0.15) is 5.75 Å². The summed E-state index contributed by atoms with van der Waals surface area (Å²) in [6.07, 6.45) is 3.18. The Balaban J connectivity index is 1.32.